The second kappa shape index (κ2) is 14.7. The van der Waals surface area contributed by atoms with Gasteiger partial charge in [-0.1, -0.05) is 12.1 Å². The van der Waals surface area contributed by atoms with Crippen LogP contribution in [-0.4, -0.2) is 141 Å². The first-order chi connectivity index (χ1) is 27.9. The summed E-state index contributed by atoms with van der Waals surface area (Å²) in [4.78, 5) is 64.6. The van der Waals surface area contributed by atoms with Crippen LogP contribution in [0.5, 0.6) is 5.75 Å². The molecule has 0 aliphatic carbocycles. The third-order valence-electron chi connectivity index (χ3n) is 13.3. The van der Waals surface area contributed by atoms with Gasteiger partial charge in [-0.2, -0.15) is 0 Å². The number of nitrogens with one attached hydrogen (secondary N) is 2. The number of urea groups is 1. The first kappa shape index (κ1) is 38.0. The second-order valence-corrected chi connectivity index (χ2v) is 17.3. The largest absolute Gasteiger partial charge is 0.504 e. The quantitative estimate of drug-likeness (QED) is 0.325. The van der Waals surface area contributed by atoms with E-state index in [2.05, 4.69) is 67.3 Å². The van der Waals surface area contributed by atoms with Crippen molar-refractivity contribution in [2.75, 3.05) is 74.0 Å². The lowest BCUT2D eigenvalue weighted by molar-refractivity contribution is -0.136. The zero-order chi connectivity index (χ0) is 40.5. The number of phenolic OH excluding ortho intramolecular Hbond substituents is 1. The molecule has 3 aromatic rings. The monoisotopic (exact) mass is 794 g/mol. The van der Waals surface area contributed by atoms with E-state index in [0.29, 0.717) is 62.1 Å². The van der Waals surface area contributed by atoms with Gasteiger partial charge in [-0.3, -0.25) is 24.6 Å². The summed E-state index contributed by atoms with van der Waals surface area (Å²) in [6.07, 6.45) is 2.47. The first-order valence-electron chi connectivity index (χ1n) is 20.6. The highest BCUT2D eigenvalue weighted by Gasteiger charge is 2.46. The van der Waals surface area contributed by atoms with Crippen LogP contribution < -0.4 is 20.4 Å². The Morgan fingerprint density at radius 2 is 1.74 bits per heavy atom. The zero-order valence-electron chi connectivity index (χ0n) is 33.3. The van der Waals surface area contributed by atoms with Crippen LogP contribution in [0.3, 0.4) is 0 Å². The SMILES string of the molecule is C[C@@H]1C[C@H](CN2CCN(c3ccc4c(c3)C(=O)N([C@H]3CCC(=O)NC3=O)C4)CC2)C[C@H](C)N1C(=O)N1CCN2c3cc(-c4cccc(F)c4O)nnc3NCC2(C)C1. The minimum Gasteiger partial charge on any atom is -0.504 e. The van der Waals surface area contributed by atoms with E-state index >= 15 is 0 Å². The molecule has 1 unspecified atom stereocenters. The number of anilines is 3. The molecule has 0 bridgehead atoms. The number of nitrogens with zero attached hydrogens (tertiary/aromatic N) is 8. The van der Waals surface area contributed by atoms with Crippen LogP contribution in [0, 0.1) is 11.7 Å². The number of imide groups is 1. The van der Waals surface area contributed by atoms with Crippen molar-refractivity contribution in [3.63, 3.8) is 0 Å². The molecule has 58 heavy (non-hydrogen) atoms. The molecule has 6 aliphatic heterocycles. The third-order valence-corrected chi connectivity index (χ3v) is 13.3. The lowest BCUT2D eigenvalue weighted by atomic mass is 9.86. The first-order valence-corrected chi connectivity index (χ1v) is 20.6. The maximum Gasteiger partial charge on any atom is 0.320 e. The molecule has 7 heterocycles. The number of rotatable bonds is 5. The number of benzene rings is 2. The van der Waals surface area contributed by atoms with Gasteiger partial charge in [-0.15, -0.1) is 10.2 Å². The summed E-state index contributed by atoms with van der Waals surface area (Å²) in [6.45, 7) is 13.6. The predicted octanol–water partition coefficient (Wildman–Crippen LogP) is 3.49. The number of fused-ring (bicyclic) bond motifs is 4. The highest BCUT2D eigenvalue weighted by atomic mass is 19.1. The van der Waals surface area contributed by atoms with Crippen molar-refractivity contribution in [3.8, 4) is 17.0 Å². The Bertz CT molecular complexity index is 2150. The van der Waals surface area contributed by atoms with Gasteiger partial charge in [-0.25, -0.2) is 9.18 Å². The van der Waals surface area contributed by atoms with Crippen LogP contribution in [0.1, 0.15) is 62.4 Å². The van der Waals surface area contributed by atoms with Crippen LogP contribution in [0.4, 0.5) is 26.4 Å². The lowest BCUT2D eigenvalue weighted by Gasteiger charge is -2.54. The molecule has 15 nitrogen and oxygen atoms in total. The topological polar surface area (TPSA) is 158 Å². The zero-order valence-corrected chi connectivity index (χ0v) is 33.3. The Labute approximate surface area is 337 Å². The highest BCUT2D eigenvalue weighted by molar-refractivity contribution is 6.05. The predicted molar refractivity (Wildman–Crippen MR) is 215 cm³/mol. The molecule has 5 atom stereocenters. The molecule has 0 spiro atoms. The van der Waals surface area contributed by atoms with Crippen molar-refractivity contribution in [1.29, 1.82) is 0 Å². The Morgan fingerprint density at radius 3 is 2.50 bits per heavy atom. The summed E-state index contributed by atoms with van der Waals surface area (Å²) in [5.74, 6) is -0.909. The molecule has 6 aliphatic rings. The van der Waals surface area contributed by atoms with Crippen LogP contribution in [0.2, 0.25) is 0 Å². The molecule has 16 heteroatoms. The summed E-state index contributed by atoms with van der Waals surface area (Å²) < 4.78 is 14.2. The number of carbonyl (C=O) groups excluding carboxylic acids is 4. The average molecular weight is 795 g/mol. The van der Waals surface area contributed by atoms with Gasteiger partial charge in [0.25, 0.3) is 5.91 Å². The van der Waals surface area contributed by atoms with E-state index in [9.17, 15) is 28.7 Å². The van der Waals surface area contributed by atoms with Gasteiger partial charge in [-0.05, 0) is 81.8 Å². The van der Waals surface area contributed by atoms with Gasteiger partial charge in [0.1, 0.15) is 6.04 Å². The molecule has 0 radical (unpaired) electrons. The van der Waals surface area contributed by atoms with Gasteiger partial charge >= 0.3 is 6.03 Å². The Morgan fingerprint density at radius 1 is 0.966 bits per heavy atom. The molecule has 0 saturated carbocycles. The van der Waals surface area contributed by atoms with E-state index in [0.717, 1.165) is 62.5 Å². The number of piperidine rings is 2. The molecular formula is C42H51FN10O5. The van der Waals surface area contributed by atoms with Crippen LogP contribution >= 0.6 is 0 Å². The van der Waals surface area contributed by atoms with E-state index < -0.39 is 29.1 Å². The van der Waals surface area contributed by atoms with E-state index in [1.165, 1.54) is 12.1 Å². The Hall–Kier alpha value is -5.51. The number of hydrogen-bond acceptors (Lipinski definition) is 11. The number of halogens is 1. The van der Waals surface area contributed by atoms with Crippen molar-refractivity contribution in [3.05, 3.63) is 59.4 Å². The van der Waals surface area contributed by atoms with Crippen LogP contribution in [-0.2, 0) is 16.1 Å². The standard InChI is InChI=1S/C42H51FN10O5/c1-25-17-27(21-48-11-13-49(14-12-48)29-8-7-28-22-51(40(57)31(28)19-29)34-9-10-36(54)45-39(34)56)18-26(2)53(25)41(58)50-15-16-52-35-20-33(30-5-4-6-32(43)37(30)55)46-47-38(35)44-23-42(52,3)24-50/h4-8,19-20,25-27,34,55H,9-18,21-24H2,1-3H3,(H,44,47)(H,45,54,56)/t25-,26+,27+,34-,42?/m0/s1. The normalized spacial score (nSPS) is 27.5. The number of aromatic nitrogens is 2. The van der Waals surface area contributed by atoms with Gasteiger partial charge in [0, 0.05) is 101 Å². The smallest absolute Gasteiger partial charge is 0.320 e. The molecule has 1 aromatic heterocycles. The summed E-state index contributed by atoms with van der Waals surface area (Å²) in [7, 11) is 0. The number of hydrogen-bond donors (Lipinski definition) is 3. The van der Waals surface area contributed by atoms with Crippen molar-refractivity contribution in [2.24, 2.45) is 5.92 Å². The molecule has 9 rings (SSSR count). The average Bonchev–Trinajstić information content (AvgIpc) is 3.53. The molecule has 3 N–H and O–H groups in total. The van der Waals surface area contributed by atoms with Gasteiger partial charge in [0.05, 0.1) is 16.9 Å². The highest BCUT2D eigenvalue weighted by Crippen LogP contribution is 2.41. The number of phenols is 1. The molecule has 4 fully saturated rings. The second-order valence-electron chi connectivity index (χ2n) is 17.3. The number of para-hydroxylation sites is 1. The summed E-state index contributed by atoms with van der Waals surface area (Å²) in [6, 6.07) is 11.9. The number of piperazine rings is 2. The third kappa shape index (κ3) is 6.74. The van der Waals surface area contributed by atoms with Gasteiger partial charge < -0.3 is 34.9 Å². The van der Waals surface area contributed by atoms with E-state index in [-0.39, 0.29) is 41.9 Å². The van der Waals surface area contributed by atoms with Gasteiger partial charge in [0.15, 0.2) is 17.4 Å². The lowest BCUT2D eigenvalue weighted by Crippen LogP contribution is -2.68. The fourth-order valence-corrected chi connectivity index (χ4v) is 10.3. The number of aromatic hydroxyl groups is 1. The van der Waals surface area contributed by atoms with E-state index in [1.807, 2.05) is 23.1 Å². The number of carbonyl (C=O) groups is 4. The number of amides is 5. The van der Waals surface area contributed by atoms with Crippen molar-refractivity contribution < 1.29 is 28.7 Å². The molecular weight excluding hydrogens is 744 g/mol. The maximum atomic E-state index is 14.3. The minimum atomic E-state index is -0.714. The fraction of sp³-hybridized carbons (Fsp3) is 0.524. The Kier molecular flexibility index (Phi) is 9.64. The van der Waals surface area contributed by atoms with Crippen LogP contribution in [0.25, 0.3) is 11.3 Å². The Balaban J connectivity index is 0.783. The summed E-state index contributed by atoms with van der Waals surface area (Å²) >= 11 is 0. The minimum absolute atomic E-state index is 0.0741. The molecule has 5 amide bonds. The van der Waals surface area contributed by atoms with Crippen molar-refractivity contribution in [2.45, 2.75) is 76.7 Å². The summed E-state index contributed by atoms with van der Waals surface area (Å²) in [5, 5.41) is 24.8. The fourth-order valence-electron chi connectivity index (χ4n) is 10.3. The van der Waals surface area contributed by atoms with Crippen molar-refractivity contribution >= 4 is 40.9 Å². The summed E-state index contributed by atoms with van der Waals surface area (Å²) in [5.41, 5.74) is 3.62. The molecule has 306 valence electrons. The van der Waals surface area contributed by atoms with E-state index in [4.69, 9.17) is 0 Å². The maximum absolute atomic E-state index is 14.3. The molecule has 4 saturated heterocycles. The molecule has 2 aromatic carbocycles. The number of likely N-dealkylation sites (tertiary alicyclic amines) is 1. The van der Waals surface area contributed by atoms with E-state index in [1.54, 1.807) is 11.0 Å². The van der Waals surface area contributed by atoms with Gasteiger partial charge in [0.2, 0.25) is 11.8 Å². The van der Waals surface area contributed by atoms with Crippen LogP contribution in [0.15, 0.2) is 42.5 Å². The van der Waals surface area contributed by atoms with Crippen molar-refractivity contribution in [1.82, 2.24) is 35.1 Å².